The molecule has 2 N–H and O–H groups in total. The number of sulfone groups is 1. The Bertz CT molecular complexity index is 330. The summed E-state index contributed by atoms with van der Waals surface area (Å²) in [4.78, 5) is 11.4. The minimum Gasteiger partial charge on any atom is -0.394 e. The molecule has 0 bridgehead atoms. The van der Waals surface area contributed by atoms with Crippen LogP contribution in [0.3, 0.4) is 0 Å². The molecule has 1 saturated carbocycles. The molecule has 88 valence electrons. The molecule has 15 heavy (non-hydrogen) atoms. The van der Waals surface area contributed by atoms with Crippen LogP contribution in [0.2, 0.25) is 0 Å². The van der Waals surface area contributed by atoms with E-state index >= 15 is 0 Å². The molecule has 1 amide bonds. The lowest BCUT2D eigenvalue weighted by Crippen LogP contribution is -2.50. The van der Waals surface area contributed by atoms with Crippen LogP contribution in [0.1, 0.15) is 25.7 Å². The van der Waals surface area contributed by atoms with Gasteiger partial charge in [0, 0.05) is 6.26 Å². The summed E-state index contributed by atoms with van der Waals surface area (Å²) in [5.41, 5.74) is -0.582. The first-order valence-electron chi connectivity index (χ1n) is 4.96. The van der Waals surface area contributed by atoms with Gasteiger partial charge in [-0.3, -0.25) is 4.79 Å². The summed E-state index contributed by atoms with van der Waals surface area (Å²) in [6.07, 6.45) is 4.38. The third-order valence-electron chi connectivity index (χ3n) is 2.66. The summed E-state index contributed by atoms with van der Waals surface area (Å²) in [7, 11) is -3.29. The van der Waals surface area contributed by atoms with Gasteiger partial charge in [0.15, 0.2) is 9.84 Å². The highest BCUT2D eigenvalue weighted by molar-refractivity contribution is 7.91. The number of nitrogens with one attached hydrogen (secondary N) is 1. The van der Waals surface area contributed by atoms with Crippen molar-refractivity contribution >= 4 is 15.7 Å². The topological polar surface area (TPSA) is 83.5 Å². The second kappa shape index (κ2) is 4.49. The van der Waals surface area contributed by atoms with Gasteiger partial charge < -0.3 is 10.4 Å². The second-order valence-electron chi connectivity index (χ2n) is 4.26. The van der Waals surface area contributed by atoms with Crippen molar-refractivity contribution in [2.45, 2.75) is 31.2 Å². The molecule has 0 heterocycles. The molecule has 1 aliphatic rings. The van der Waals surface area contributed by atoms with E-state index in [9.17, 15) is 18.3 Å². The molecule has 5 nitrogen and oxygen atoms in total. The molecule has 6 heteroatoms. The van der Waals surface area contributed by atoms with Crippen LogP contribution in [-0.2, 0) is 14.6 Å². The molecule has 0 spiro atoms. The highest BCUT2D eigenvalue weighted by Gasteiger charge is 2.34. The number of aliphatic hydroxyl groups is 1. The number of aliphatic hydroxyl groups excluding tert-OH is 1. The summed E-state index contributed by atoms with van der Waals surface area (Å²) in [6.45, 7) is -0.123. The number of hydrogen-bond acceptors (Lipinski definition) is 4. The minimum absolute atomic E-state index is 0.123. The maximum absolute atomic E-state index is 11.4. The van der Waals surface area contributed by atoms with Gasteiger partial charge in [-0.25, -0.2) is 8.42 Å². The van der Waals surface area contributed by atoms with Crippen molar-refractivity contribution < 1.29 is 18.3 Å². The van der Waals surface area contributed by atoms with Gasteiger partial charge in [0.05, 0.1) is 12.1 Å². The quantitative estimate of drug-likeness (QED) is 0.685. The van der Waals surface area contributed by atoms with Gasteiger partial charge in [-0.1, -0.05) is 12.8 Å². The smallest absolute Gasteiger partial charge is 0.235 e. The molecule has 0 atom stereocenters. The molecule has 0 aliphatic heterocycles. The molecule has 0 radical (unpaired) electrons. The van der Waals surface area contributed by atoms with E-state index in [1.165, 1.54) is 0 Å². The molecule has 0 aromatic rings. The van der Waals surface area contributed by atoms with Gasteiger partial charge in [0.1, 0.15) is 5.75 Å². The van der Waals surface area contributed by atoms with Gasteiger partial charge in [-0.2, -0.15) is 0 Å². The normalized spacial score (nSPS) is 20.1. The molecule has 0 aromatic carbocycles. The highest BCUT2D eigenvalue weighted by Crippen LogP contribution is 2.28. The van der Waals surface area contributed by atoms with Gasteiger partial charge in [-0.05, 0) is 12.8 Å². The van der Waals surface area contributed by atoms with Gasteiger partial charge in [0.25, 0.3) is 0 Å². The van der Waals surface area contributed by atoms with Crippen LogP contribution in [0.5, 0.6) is 0 Å². The van der Waals surface area contributed by atoms with Crippen molar-refractivity contribution in [1.82, 2.24) is 5.32 Å². The van der Waals surface area contributed by atoms with Crippen molar-refractivity contribution in [2.75, 3.05) is 18.6 Å². The van der Waals surface area contributed by atoms with E-state index < -0.39 is 27.0 Å². The first-order chi connectivity index (χ1) is 6.87. The molecule has 0 aromatic heterocycles. The zero-order chi connectivity index (χ0) is 11.5. The number of rotatable bonds is 4. The van der Waals surface area contributed by atoms with Crippen LogP contribution >= 0.6 is 0 Å². The van der Waals surface area contributed by atoms with Crippen molar-refractivity contribution in [2.24, 2.45) is 0 Å². The Morgan fingerprint density at radius 3 is 2.33 bits per heavy atom. The predicted molar refractivity (Wildman–Crippen MR) is 56.1 cm³/mol. The second-order valence-corrected chi connectivity index (χ2v) is 6.40. The van der Waals surface area contributed by atoms with E-state index in [0.29, 0.717) is 0 Å². The Hall–Kier alpha value is -0.620. The first kappa shape index (κ1) is 12.4. The monoisotopic (exact) mass is 235 g/mol. The molecule has 0 saturated heterocycles. The highest BCUT2D eigenvalue weighted by atomic mass is 32.2. The fourth-order valence-corrected chi connectivity index (χ4v) is 2.49. The fourth-order valence-electron chi connectivity index (χ4n) is 1.94. The third kappa shape index (κ3) is 3.79. The SMILES string of the molecule is CS(=O)(=O)CC(=O)NC1(CO)CCCC1. The first-order valence-corrected chi connectivity index (χ1v) is 7.03. The molecule has 0 unspecified atom stereocenters. The summed E-state index contributed by atoms with van der Waals surface area (Å²) in [5, 5.41) is 11.8. The number of carbonyl (C=O) groups excluding carboxylic acids is 1. The summed E-state index contributed by atoms with van der Waals surface area (Å²) in [5.74, 6) is -1.03. The van der Waals surface area contributed by atoms with Crippen LogP contribution in [0, 0.1) is 0 Å². The van der Waals surface area contributed by atoms with Crippen LogP contribution in [0.25, 0.3) is 0 Å². The van der Waals surface area contributed by atoms with E-state index in [4.69, 9.17) is 0 Å². The zero-order valence-electron chi connectivity index (χ0n) is 8.82. The molecule has 1 aliphatic carbocycles. The largest absolute Gasteiger partial charge is 0.394 e. The number of amides is 1. The van der Waals surface area contributed by atoms with E-state index in [0.717, 1.165) is 31.9 Å². The lowest BCUT2D eigenvalue weighted by atomic mass is 9.99. The minimum atomic E-state index is -3.29. The third-order valence-corrected chi connectivity index (χ3v) is 3.45. The van der Waals surface area contributed by atoms with Crippen molar-refractivity contribution in [3.63, 3.8) is 0 Å². The molecular formula is C9H17NO4S. The van der Waals surface area contributed by atoms with E-state index in [-0.39, 0.29) is 6.61 Å². The summed E-state index contributed by atoms with van der Waals surface area (Å²) >= 11 is 0. The van der Waals surface area contributed by atoms with Crippen LogP contribution in [0.4, 0.5) is 0 Å². The Labute approximate surface area is 89.8 Å². The van der Waals surface area contributed by atoms with Gasteiger partial charge in [0.2, 0.25) is 5.91 Å². The predicted octanol–water partition coefficient (Wildman–Crippen LogP) is -0.548. The number of carbonyl (C=O) groups is 1. The van der Waals surface area contributed by atoms with E-state index in [1.807, 2.05) is 0 Å². The average molecular weight is 235 g/mol. The molecule has 1 fully saturated rings. The summed E-state index contributed by atoms with van der Waals surface area (Å²) < 4.78 is 21.8. The van der Waals surface area contributed by atoms with Crippen molar-refractivity contribution in [1.29, 1.82) is 0 Å². The van der Waals surface area contributed by atoms with Crippen LogP contribution in [-0.4, -0.2) is 43.6 Å². The zero-order valence-corrected chi connectivity index (χ0v) is 9.64. The Kier molecular flexibility index (Phi) is 3.72. The van der Waals surface area contributed by atoms with Crippen LogP contribution < -0.4 is 5.32 Å². The van der Waals surface area contributed by atoms with Crippen molar-refractivity contribution in [3.8, 4) is 0 Å². The van der Waals surface area contributed by atoms with Gasteiger partial charge >= 0.3 is 0 Å². The standard InChI is InChI=1S/C9H17NO4S/c1-15(13,14)6-8(12)10-9(7-11)4-2-3-5-9/h11H,2-7H2,1H3,(H,10,12). The number of hydrogen-bond donors (Lipinski definition) is 2. The Balaban J connectivity index is 2.56. The molecular weight excluding hydrogens is 218 g/mol. The van der Waals surface area contributed by atoms with Crippen LogP contribution in [0.15, 0.2) is 0 Å². The van der Waals surface area contributed by atoms with Crippen molar-refractivity contribution in [3.05, 3.63) is 0 Å². The Morgan fingerprint density at radius 1 is 1.40 bits per heavy atom. The maximum Gasteiger partial charge on any atom is 0.235 e. The average Bonchev–Trinajstić information content (AvgIpc) is 2.50. The molecule has 1 rings (SSSR count). The maximum atomic E-state index is 11.4. The van der Waals surface area contributed by atoms with E-state index in [2.05, 4.69) is 5.32 Å². The summed E-state index contributed by atoms with van der Waals surface area (Å²) in [6, 6.07) is 0. The van der Waals surface area contributed by atoms with Gasteiger partial charge in [-0.15, -0.1) is 0 Å². The van der Waals surface area contributed by atoms with E-state index in [1.54, 1.807) is 0 Å². The fraction of sp³-hybridized carbons (Fsp3) is 0.889. The lowest BCUT2D eigenvalue weighted by Gasteiger charge is -2.27. The Morgan fingerprint density at radius 2 is 1.93 bits per heavy atom. The lowest BCUT2D eigenvalue weighted by molar-refractivity contribution is -0.121.